The first-order valence-corrected chi connectivity index (χ1v) is 9.11. The molecular weight excluding hydrogens is 386 g/mol. The van der Waals surface area contributed by atoms with Crippen LogP contribution in [0.3, 0.4) is 0 Å². The molecule has 0 atom stereocenters. The van der Waals surface area contributed by atoms with Crippen LogP contribution >= 0.6 is 0 Å². The molecule has 0 heterocycles. The van der Waals surface area contributed by atoms with E-state index in [-0.39, 0.29) is 12.4 Å². The van der Waals surface area contributed by atoms with Crippen LogP contribution in [0.1, 0.15) is 15.9 Å². The third kappa shape index (κ3) is 5.51. The molecule has 0 saturated heterocycles. The normalized spacial score (nSPS) is 10.1. The van der Waals surface area contributed by atoms with Crippen LogP contribution in [-0.2, 0) is 11.3 Å². The second kappa shape index (κ2) is 9.97. The minimum atomic E-state index is -0.707. The first-order chi connectivity index (χ1) is 14.6. The van der Waals surface area contributed by atoms with Gasteiger partial charge in [-0.05, 0) is 42.0 Å². The molecule has 3 aromatic rings. The molecule has 7 nitrogen and oxygen atoms in total. The van der Waals surface area contributed by atoms with Crippen LogP contribution in [0, 0.1) is 0 Å². The minimum Gasteiger partial charge on any atom is -0.497 e. The Bertz CT molecular complexity index is 1000. The Hall–Kier alpha value is -4.00. The first-order valence-electron chi connectivity index (χ1n) is 9.11. The number of methoxy groups -OCH3 is 2. The second-order valence-corrected chi connectivity index (χ2v) is 6.17. The minimum absolute atomic E-state index is 0.183. The van der Waals surface area contributed by atoms with E-state index >= 15 is 0 Å². The molecule has 0 saturated carbocycles. The molecule has 0 aromatic heterocycles. The molecule has 0 aliphatic carbocycles. The van der Waals surface area contributed by atoms with Gasteiger partial charge in [0, 0.05) is 6.07 Å². The number of ether oxygens (including phenoxy) is 4. The molecule has 154 valence electrons. The van der Waals surface area contributed by atoms with Gasteiger partial charge in [-0.3, -0.25) is 5.32 Å². The number of benzene rings is 3. The Morgan fingerprint density at radius 2 is 1.53 bits per heavy atom. The molecule has 0 spiro atoms. The van der Waals surface area contributed by atoms with Gasteiger partial charge < -0.3 is 18.9 Å². The molecule has 0 aliphatic rings. The first kappa shape index (κ1) is 20.7. The van der Waals surface area contributed by atoms with Crippen LogP contribution in [0.4, 0.5) is 10.5 Å². The highest BCUT2D eigenvalue weighted by Gasteiger charge is 2.12. The fourth-order valence-electron chi connectivity index (χ4n) is 2.62. The number of hydrogen-bond acceptors (Lipinski definition) is 6. The summed E-state index contributed by atoms with van der Waals surface area (Å²) >= 11 is 0. The van der Waals surface area contributed by atoms with Crippen molar-refractivity contribution in [2.24, 2.45) is 0 Å². The maximum atomic E-state index is 12.2. The van der Waals surface area contributed by atoms with E-state index in [2.05, 4.69) is 5.32 Å². The van der Waals surface area contributed by atoms with Crippen molar-refractivity contribution in [1.82, 2.24) is 0 Å². The zero-order valence-corrected chi connectivity index (χ0v) is 16.6. The van der Waals surface area contributed by atoms with Crippen molar-refractivity contribution in [2.45, 2.75) is 6.61 Å². The van der Waals surface area contributed by atoms with Crippen molar-refractivity contribution >= 4 is 17.7 Å². The monoisotopic (exact) mass is 407 g/mol. The van der Waals surface area contributed by atoms with Crippen molar-refractivity contribution < 1.29 is 28.5 Å². The lowest BCUT2D eigenvalue weighted by Gasteiger charge is -2.12. The van der Waals surface area contributed by atoms with Crippen molar-refractivity contribution in [3.05, 3.63) is 83.9 Å². The van der Waals surface area contributed by atoms with Gasteiger partial charge in [0.05, 0.1) is 25.5 Å². The van der Waals surface area contributed by atoms with Crippen LogP contribution in [-0.4, -0.2) is 26.3 Å². The summed E-state index contributed by atoms with van der Waals surface area (Å²) in [6.45, 7) is 0.183. The van der Waals surface area contributed by atoms with Crippen molar-refractivity contribution in [3.8, 4) is 17.2 Å². The SMILES string of the molecule is COc1ccc(OC)c(NC(=O)Oc2ccc(C(=O)OCc3ccccc3)cc2)c1. The number of hydrogen-bond donors (Lipinski definition) is 1. The molecule has 7 heteroatoms. The fourth-order valence-corrected chi connectivity index (χ4v) is 2.62. The standard InChI is InChI=1S/C23H21NO6/c1-27-19-12-13-21(28-2)20(14-19)24-23(26)30-18-10-8-17(9-11-18)22(25)29-15-16-6-4-3-5-7-16/h3-14H,15H2,1-2H3,(H,24,26). The van der Waals surface area contributed by atoms with Crippen LogP contribution in [0.5, 0.6) is 17.2 Å². The summed E-state index contributed by atoms with van der Waals surface area (Å²) in [4.78, 5) is 24.4. The fraction of sp³-hybridized carbons (Fsp3) is 0.130. The van der Waals surface area contributed by atoms with E-state index < -0.39 is 12.1 Å². The summed E-state index contributed by atoms with van der Waals surface area (Å²) in [5, 5.41) is 2.60. The lowest BCUT2D eigenvalue weighted by molar-refractivity contribution is 0.0472. The smallest absolute Gasteiger partial charge is 0.417 e. The van der Waals surface area contributed by atoms with Gasteiger partial charge in [0.25, 0.3) is 0 Å². The lowest BCUT2D eigenvalue weighted by Crippen LogP contribution is -2.17. The number of esters is 1. The molecule has 3 rings (SSSR count). The van der Waals surface area contributed by atoms with Gasteiger partial charge in [0.15, 0.2) is 0 Å². The Morgan fingerprint density at radius 3 is 2.20 bits per heavy atom. The quantitative estimate of drug-likeness (QED) is 0.573. The number of amides is 1. The summed E-state index contributed by atoms with van der Waals surface area (Å²) in [7, 11) is 3.02. The average Bonchev–Trinajstić information content (AvgIpc) is 2.78. The van der Waals surface area contributed by atoms with Crippen molar-refractivity contribution in [1.29, 1.82) is 0 Å². The summed E-state index contributed by atoms with van der Waals surface area (Å²) in [6.07, 6.45) is -0.707. The van der Waals surface area contributed by atoms with Gasteiger partial charge in [-0.1, -0.05) is 30.3 Å². The van der Waals surface area contributed by atoms with Gasteiger partial charge in [-0.2, -0.15) is 0 Å². The predicted molar refractivity (Wildman–Crippen MR) is 111 cm³/mol. The largest absolute Gasteiger partial charge is 0.497 e. The highest BCUT2D eigenvalue weighted by Crippen LogP contribution is 2.29. The number of carbonyl (C=O) groups excluding carboxylic acids is 2. The molecule has 3 aromatic carbocycles. The Labute approximate surface area is 174 Å². The van der Waals surface area contributed by atoms with Crippen molar-refractivity contribution in [3.63, 3.8) is 0 Å². The number of rotatable bonds is 7. The Kier molecular flexibility index (Phi) is 6.89. The number of anilines is 1. The van der Waals surface area contributed by atoms with Gasteiger partial charge >= 0.3 is 12.1 Å². The van der Waals surface area contributed by atoms with E-state index in [1.165, 1.54) is 38.5 Å². The van der Waals surface area contributed by atoms with Gasteiger partial charge in [-0.15, -0.1) is 0 Å². The maximum absolute atomic E-state index is 12.2. The molecule has 0 bridgehead atoms. The maximum Gasteiger partial charge on any atom is 0.417 e. The van der Waals surface area contributed by atoms with E-state index in [4.69, 9.17) is 18.9 Å². The lowest BCUT2D eigenvalue weighted by atomic mass is 10.2. The molecule has 1 amide bonds. The highest BCUT2D eigenvalue weighted by atomic mass is 16.6. The van der Waals surface area contributed by atoms with Crippen LogP contribution in [0.25, 0.3) is 0 Å². The molecule has 0 unspecified atom stereocenters. The zero-order chi connectivity index (χ0) is 21.3. The van der Waals surface area contributed by atoms with Gasteiger partial charge in [0.2, 0.25) is 0 Å². The average molecular weight is 407 g/mol. The molecule has 30 heavy (non-hydrogen) atoms. The van der Waals surface area contributed by atoms with Crippen LogP contribution in [0.2, 0.25) is 0 Å². The summed E-state index contributed by atoms with van der Waals surface area (Å²) in [5.74, 6) is 0.832. The van der Waals surface area contributed by atoms with E-state index in [1.807, 2.05) is 30.3 Å². The molecule has 0 fully saturated rings. The van der Waals surface area contributed by atoms with Gasteiger partial charge in [0.1, 0.15) is 23.9 Å². The van der Waals surface area contributed by atoms with E-state index in [0.717, 1.165) is 5.56 Å². The Balaban J connectivity index is 1.57. The molecular formula is C23H21NO6. The molecule has 0 aliphatic heterocycles. The zero-order valence-electron chi connectivity index (χ0n) is 16.6. The van der Waals surface area contributed by atoms with E-state index in [0.29, 0.717) is 22.7 Å². The molecule has 0 radical (unpaired) electrons. The van der Waals surface area contributed by atoms with Crippen LogP contribution < -0.4 is 19.5 Å². The van der Waals surface area contributed by atoms with E-state index in [1.54, 1.807) is 18.2 Å². The number of carbonyl (C=O) groups is 2. The summed E-state index contributed by atoms with van der Waals surface area (Å²) < 4.78 is 20.9. The predicted octanol–water partition coefficient (Wildman–Crippen LogP) is 4.67. The van der Waals surface area contributed by atoms with Gasteiger partial charge in [-0.25, -0.2) is 9.59 Å². The third-order valence-electron chi connectivity index (χ3n) is 4.16. The number of nitrogens with one attached hydrogen (secondary N) is 1. The van der Waals surface area contributed by atoms with E-state index in [9.17, 15) is 9.59 Å². The third-order valence-corrected chi connectivity index (χ3v) is 4.16. The van der Waals surface area contributed by atoms with Crippen molar-refractivity contribution in [2.75, 3.05) is 19.5 Å². The molecule has 1 N–H and O–H groups in total. The Morgan fingerprint density at radius 1 is 0.833 bits per heavy atom. The van der Waals surface area contributed by atoms with Crippen LogP contribution in [0.15, 0.2) is 72.8 Å². The highest BCUT2D eigenvalue weighted by molar-refractivity contribution is 5.90. The summed E-state index contributed by atoms with van der Waals surface area (Å²) in [6, 6.07) is 20.5. The second-order valence-electron chi connectivity index (χ2n) is 6.17. The summed E-state index contributed by atoms with van der Waals surface area (Å²) in [5.41, 5.74) is 1.66. The topological polar surface area (TPSA) is 83.1 Å².